The van der Waals surface area contributed by atoms with Gasteiger partial charge in [-0.05, 0) is 48.8 Å². The highest BCUT2D eigenvalue weighted by Gasteiger charge is 2.25. The van der Waals surface area contributed by atoms with Gasteiger partial charge in [0, 0.05) is 49.4 Å². The molecule has 1 amide bonds. The molecule has 6 rings (SSSR count). The second kappa shape index (κ2) is 13.5. The van der Waals surface area contributed by atoms with E-state index in [0.29, 0.717) is 6.42 Å². The predicted octanol–water partition coefficient (Wildman–Crippen LogP) is 8.48. The lowest BCUT2D eigenvalue weighted by Crippen LogP contribution is -2.31. The lowest BCUT2D eigenvalue weighted by molar-refractivity contribution is -0.116. The van der Waals surface area contributed by atoms with Crippen molar-refractivity contribution in [1.82, 2.24) is 14.5 Å². The molecule has 0 saturated heterocycles. The number of unbranched alkanes of at least 4 members (excludes halogenated alkanes) is 1. The maximum Gasteiger partial charge on any atom is 0.224 e. The number of fused-ring (bicyclic) bond motifs is 1. The summed E-state index contributed by atoms with van der Waals surface area (Å²) in [5, 5.41) is 3.05. The van der Waals surface area contributed by atoms with E-state index in [1.807, 2.05) is 0 Å². The maximum atomic E-state index is 11.9. The van der Waals surface area contributed by atoms with Crippen molar-refractivity contribution in [1.29, 1.82) is 0 Å². The number of benzene rings is 3. The molecule has 0 atom stereocenters. The first-order valence-electron chi connectivity index (χ1n) is 16.0. The molecule has 1 fully saturated rings. The molecule has 0 bridgehead atoms. The highest BCUT2D eigenvalue weighted by atomic mass is 16.1. The molecule has 1 saturated carbocycles. The molecule has 1 aliphatic heterocycles. The van der Waals surface area contributed by atoms with Crippen LogP contribution in [0.3, 0.4) is 0 Å². The fourth-order valence-electron chi connectivity index (χ4n) is 6.76. The highest BCUT2D eigenvalue weighted by Crippen LogP contribution is 2.33. The van der Waals surface area contributed by atoms with E-state index in [-0.39, 0.29) is 5.91 Å². The molecule has 42 heavy (non-hydrogen) atoms. The Bertz CT molecular complexity index is 1470. The van der Waals surface area contributed by atoms with Crippen LogP contribution >= 0.6 is 0 Å². The van der Waals surface area contributed by atoms with Crippen molar-refractivity contribution in [2.45, 2.75) is 84.3 Å². The smallest absolute Gasteiger partial charge is 0.224 e. The number of amides is 1. The Morgan fingerprint density at radius 3 is 2.36 bits per heavy atom. The fourth-order valence-corrected chi connectivity index (χ4v) is 6.76. The lowest BCUT2D eigenvalue weighted by Gasteiger charge is -2.31. The first kappa shape index (κ1) is 28.4. The van der Waals surface area contributed by atoms with Crippen LogP contribution in [-0.4, -0.2) is 26.9 Å². The quantitative estimate of drug-likeness (QED) is 0.200. The Balaban J connectivity index is 1.39. The zero-order chi connectivity index (χ0) is 28.7. The van der Waals surface area contributed by atoms with Crippen LogP contribution < -0.4 is 5.32 Å². The number of hydrogen-bond donors (Lipinski definition) is 1. The van der Waals surface area contributed by atoms with Crippen LogP contribution in [0, 0.1) is 5.92 Å². The van der Waals surface area contributed by atoms with E-state index in [4.69, 9.17) is 4.98 Å². The third-order valence-electron chi connectivity index (χ3n) is 8.97. The van der Waals surface area contributed by atoms with E-state index in [9.17, 15) is 4.79 Å². The molecular formula is C37H44N4O. The summed E-state index contributed by atoms with van der Waals surface area (Å²) < 4.78 is 2.51. The second-order valence-electron chi connectivity index (χ2n) is 12.2. The summed E-state index contributed by atoms with van der Waals surface area (Å²) in [7, 11) is 0. The van der Waals surface area contributed by atoms with Crippen molar-refractivity contribution < 1.29 is 4.79 Å². The van der Waals surface area contributed by atoms with Gasteiger partial charge in [0.2, 0.25) is 5.91 Å². The number of carbonyl (C=O) groups is 1. The van der Waals surface area contributed by atoms with Crippen molar-refractivity contribution in [2.75, 3.05) is 11.9 Å². The molecule has 0 spiro atoms. The standard InChI is InChI=1S/C37H44N4O/c1-2-3-23-41-34(36(30-15-9-5-10-16-30)39-37(41)31-17-11-6-12-18-31)27-40(25-28-13-7-4-8-14-28)26-29-19-21-33-32(24-29)20-22-35(42)38-33/h5-6,9-12,15-19,21,24,28H,2-4,7-8,13-14,20,22-23,25-27H2,1H3,(H,38,42). The number of hydrogen-bond acceptors (Lipinski definition) is 3. The third kappa shape index (κ3) is 6.68. The molecule has 1 N–H and O–H groups in total. The van der Waals surface area contributed by atoms with E-state index in [2.05, 4.69) is 101 Å². The summed E-state index contributed by atoms with van der Waals surface area (Å²) in [6.07, 6.45) is 10.4. The van der Waals surface area contributed by atoms with Crippen LogP contribution in [-0.2, 0) is 30.8 Å². The molecule has 3 aromatic carbocycles. The van der Waals surface area contributed by atoms with Gasteiger partial charge in [-0.15, -0.1) is 0 Å². The Hall–Kier alpha value is -3.70. The number of nitrogens with zero attached hydrogens (tertiary/aromatic N) is 3. The van der Waals surface area contributed by atoms with Crippen molar-refractivity contribution in [3.63, 3.8) is 0 Å². The second-order valence-corrected chi connectivity index (χ2v) is 12.2. The van der Waals surface area contributed by atoms with Crippen molar-refractivity contribution in [2.24, 2.45) is 5.92 Å². The largest absolute Gasteiger partial charge is 0.326 e. The minimum atomic E-state index is 0.122. The van der Waals surface area contributed by atoms with Gasteiger partial charge in [-0.3, -0.25) is 9.69 Å². The van der Waals surface area contributed by atoms with E-state index in [1.54, 1.807) is 0 Å². The summed E-state index contributed by atoms with van der Waals surface area (Å²) in [6, 6.07) is 28.1. The number of rotatable bonds is 11. The van der Waals surface area contributed by atoms with Crippen LogP contribution in [0.1, 0.15) is 75.1 Å². The Labute approximate surface area is 251 Å². The topological polar surface area (TPSA) is 50.2 Å². The van der Waals surface area contributed by atoms with E-state index < -0.39 is 0 Å². The monoisotopic (exact) mass is 560 g/mol. The number of imidazole rings is 1. The predicted molar refractivity (Wildman–Crippen MR) is 172 cm³/mol. The average Bonchev–Trinajstić information content (AvgIpc) is 3.39. The number of aromatic nitrogens is 2. The number of nitrogens with one attached hydrogen (secondary N) is 1. The molecule has 5 heteroatoms. The number of anilines is 1. The van der Waals surface area contributed by atoms with Gasteiger partial charge in [0.1, 0.15) is 5.82 Å². The van der Waals surface area contributed by atoms with Crippen molar-refractivity contribution >= 4 is 11.6 Å². The van der Waals surface area contributed by atoms with Gasteiger partial charge in [-0.2, -0.15) is 0 Å². The zero-order valence-electron chi connectivity index (χ0n) is 25.0. The SMILES string of the molecule is CCCCn1c(-c2ccccc2)nc(-c2ccccc2)c1CN(Cc1ccc2c(c1)CCC(=O)N2)CC1CCCCC1. The van der Waals surface area contributed by atoms with Gasteiger partial charge in [0.05, 0.1) is 11.4 Å². The minimum absolute atomic E-state index is 0.122. The van der Waals surface area contributed by atoms with Crippen LogP contribution in [0.15, 0.2) is 78.9 Å². The molecule has 5 nitrogen and oxygen atoms in total. The molecule has 2 aliphatic rings. The van der Waals surface area contributed by atoms with Crippen LogP contribution in [0.2, 0.25) is 0 Å². The normalized spacial score (nSPS) is 15.5. The Morgan fingerprint density at radius 2 is 1.62 bits per heavy atom. The summed E-state index contributed by atoms with van der Waals surface area (Å²) in [5.41, 5.74) is 8.33. The molecule has 2 heterocycles. The molecular weight excluding hydrogens is 516 g/mol. The molecule has 0 radical (unpaired) electrons. The van der Waals surface area contributed by atoms with E-state index >= 15 is 0 Å². The van der Waals surface area contributed by atoms with Gasteiger partial charge in [0.25, 0.3) is 0 Å². The average molecular weight is 561 g/mol. The molecule has 1 aromatic heterocycles. The van der Waals surface area contributed by atoms with Gasteiger partial charge in [-0.25, -0.2) is 4.98 Å². The first-order valence-corrected chi connectivity index (χ1v) is 16.0. The molecule has 0 unspecified atom stereocenters. The van der Waals surface area contributed by atoms with Crippen LogP contribution in [0.5, 0.6) is 0 Å². The minimum Gasteiger partial charge on any atom is -0.326 e. The summed E-state index contributed by atoms with van der Waals surface area (Å²) in [6.45, 7) is 6.09. The maximum absolute atomic E-state index is 11.9. The van der Waals surface area contributed by atoms with Gasteiger partial charge < -0.3 is 9.88 Å². The first-order chi connectivity index (χ1) is 20.7. The molecule has 1 aliphatic carbocycles. The lowest BCUT2D eigenvalue weighted by atomic mass is 9.88. The van der Waals surface area contributed by atoms with Crippen LogP contribution in [0.4, 0.5) is 5.69 Å². The fraction of sp³-hybridized carbons (Fsp3) is 0.405. The summed E-state index contributed by atoms with van der Waals surface area (Å²) in [4.78, 5) is 20.0. The zero-order valence-corrected chi connectivity index (χ0v) is 25.0. The number of aryl methyl sites for hydroxylation is 1. The molecule has 218 valence electrons. The van der Waals surface area contributed by atoms with E-state index in [1.165, 1.54) is 60.1 Å². The van der Waals surface area contributed by atoms with Crippen LogP contribution in [0.25, 0.3) is 22.6 Å². The van der Waals surface area contributed by atoms with E-state index in [0.717, 1.165) is 68.6 Å². The molecule has 4 aromatic rings. The van der Waals surface area contributed by atoms with Gasteiger partial charge in [0.15, 0.2) is 0 Å². The van der Waals surface area contributed by atoms with Crippen molar-refractivity contribution in [3.8, 4) is 22.6 Å². The van der Waals surface area contributed by atoms with Crippen molar-refractivity contribution in [3.05, 3.63) is 95.7 Å². The Kier molecular flexibility index (Phi) is 9.15. The summed E-state index contributed by atoms with van der Waals surface area (Å²) in [5.74, 6) is 1.92. The number of carbonyl (C=O) groups excluding carboxylic acids is 1. The summed E-state index contributed by atoms with van der Waals surface area (Å²) >= 11 is 0. The van der Waals surface area contributed by atoms with Gasteiger partial charge >= 0.3 is 0 Å². The Morgan fingerprint density at radius 1 is 0.881 bits per heavy atom. The highest BCUT2D eigenvalue weighted by molar-refractivity contribution is 5.93. The van der Waals surface area contributed by atoms with Gasteiger partial charge in [-0.1, -0.05) is 105 Å². The third-order valence-corrected chi connectivity index (χ3v) is 8.97.